The molecule has 106 valence electrons. The van der Waals surface area contributed by atoms with Crippen molar-refractivity contribution in [2.75, 3.05) is 13.7 Å². The maximum atomic E-state index is 11.7. The van der Waals surface area contributed by atoms with E-state index in [-0.39, 0.29) is 25.8 Å². The van der Waals surface area contributed by atoms with Gasteiger partial charge < -0.3 is 19.8 Å². The van der Waals surface area contributed by atoms with E-state index in [1.165, 1.54) is 7.11 Å². The van der Waals surface area contributed by atoms with Gasteiger partial charge in [-0.2, -0.15) is 0 Å². The Morgan fingerprint density at radius 2 is 2.05 bits per heavy atom. The minimum Gasteiger partial charge on any atom is -0.481 e. The van der Waals surface area contributed by atoms with Crippen molar-refractivity contribution in [3.8, 4) is 0 Å². The molecule has 0 radical (unpaired) electrons. The number of carboxylic acids is 2. The van der Waals surface area contributed by atoms with E-state index >= 15 is 0 Å². The zero-order chi connectivity index (χ0) is 14.6. The van der Waals surface area contributed by atoms with Crippen LogP contribution < -0.4 is 0 Å². The molecule has 0 saturated carbocycles. The number of carbonyl (C=O) groups excluding carboxylic acids is 2. The number of carboxylic acid groups (broad SMARTS) is 2. The van der Waals surface area contributed by atoms with Crippen LogP contribution in [-0.2, 0) is 23.9 Å². The molecule has 2 unspecified atom stereocenters. The number of amides is 1. The molecule has 1 fully saturated rings. The van der Waals surface area contributed by atoms with E-state index < -0.39 is 35.8 Å². The SMILES string of the molecule is COC(=O)C1CC(=O)N(C(CCC(=O)O)C(=O)O)C1. The number of aliphatic carboxylic acids is 2. The molecule has 8 nitrogen and oxygen atoms in total. The average molecular weight is 273 g/mol. The first-order valence-corrected chi connectivity index (χ1v) is 5.68. The first-order valence-electron chi connectivity index (χ1n) is 5.68. The van der Waals surface area contributed by atoms with Crippen molar-refractivity contribution in [3.05, 3.63) is 0 Å². The first kappa shape index (κ1) is 14.9. The number of carbonyl (C=O) groups is 4. The number of methoxy groups -OCH3 is 1. The molecule has 19 heavy (non-hydrogen) atoms. The number of rotatable bonds is 6. The Kier molecular flexibility index (Phi) is 4.85. The Bertz CT molecular complexity index is 406. The quantitative estimate of drug-likeness (QED) is 0.615. The highest BCUT2D eigenvalue weighted by molar-refractivity contribution is 5.90. The number of hydrogen-bond donors (Lipinski definition) is 2. The largest absolute Gasteiger partial charge is 0.481 e. The van der Waals surface area contributed by atoms with Gasteiger partial charge in [0.05, 0.1) is 13.0 Å². The third-order valence-corrected chi connectivity index (χ3v) is 2.99. The fourth-order valence-corrected chi connectivity index (χ4v) is 2.03. The third kappa shape index (κ3) is 3.67. The molecular formula is C11H15NO7. The van der Waals surface area contributed by atoms with Gasteiger partial charge in [0, 0.05) is 19.4 Å². The smallest absolute Gasteiger partial charge is 0.326 e. The fourth-order valence-electron chi connectivity index (χ4n) is 2.03. The van der Waals surface area contributed by atoms with Crippen LogP contribution in [0.1, 0.15) is 19.3 Å². The van der Waals surface area contributed by atoms with Crippen LogP contribution in [0, 0.1) is 5.92 Å². The van der Waals surface area contributed by atoms with E-state index in [0.29, 0.717) is 0 Å². The second kappa shape index (κ2) is 6.17. The van der Waals surface area contributed by atoms with Gasteiger partial charge >= 0.3 is 17.9 Å². The van der Waals surface area contributed by atoms with Crippen LogP contribution in [0.15, 0.2) is 0 Å². The minimum absolute atomic E-state index is 0.0535. The Morgan fingerprint density at radius 3 is 2.53 bits per heavy atom. The van der Waals surface area contributed by atoms with E-state index in [0.717, 1.165) is 4.90 Å². The summed E-state index contributed by atoms with van der Waals surface area (Å²) in [7, 11) is 1.19. The van der Waals surface area contributed by atoms with Crippen LogP contribution in [0.2, 0.25) is 0 Å². The summed E-state index contributed by atoms with van der Waals surface area (Å²) >= 11 is 0. The number of likely N-dealkylation sites (tertiary alicyclic amines) is 1. The summed E-state index contributed by atoms with van der Waals surface area (Å²) in [6.45, 7) is -0.0535. The molecule has 1 saturated heterocycles. The topological polar surface area (TPSA) is 121 Å². The van der Waals surface area contributed by atoms with Crippen LogP contribution in [-0.4, -0.2) is 58.6 Å². The Balaban J connectivity index is 2.74. The van der Waals surface area contributed by atoms with E-state index in [2.05, 4.69) is 4.74 Å². The van der Waals surface area contributed by atoms with E-state index in [1.54, 1.807) is 0 Å². The van der Waals surface area contributed by atoms with Crippen molar-refractivity contribution in [1.29, 1.82) is 0 Å². The number of hydrogen-bond acceptors (Lipinski definition) is 5. The molecule has 0 spiro atoms. The summed E-state index contributed by atoms with van der Waals surface area (Å²) in [5, 5.41) is 17.6. The van der Waals surface area contributed by atoms with Crippen molar-refractivity contribution in [2.24, 2.45) is 5.92 Å². The van der Waals surface area contributed by atoms with Crippen molar-refractivity contribution in [1.82, 2.24) is 4.90 Å². The zero-order valence-corrected chi connectivity index (χ0v) is 10.4. The van der Waals surface area contributed by atoms with Crippen molar-refractivity contribution >= 4 is 23.8 Å². The summed E-state index contributed by atoms with van der Waals surface area (Å²) in [4.78, 5) is 45.6. The summed E-state index contributed by atoms with van der Waals surface area (Å²) in [5.41, 5.74) is 0. The molecule has 8 heteroatoms. The van der Waals surface area contributed by atoms with Crippen LogP contribution in [0.3, 0.4) is 0 Å². The van der Waals surface area contributed by atoms with Gasteiger partial charge in [0.1, 0.15) is 6.04 Å². The van der Waals surface area contributed by atoms with Gasteiger partial charge in [-0.25, -0.2) is 4.79 Å². The summed E-state index contributed by atoms with van der Waals surface area (Å²) < 4.78 is 4.51. The lowest BCUT2D eigenvalue weighted by Gasteiger charge is -2.23. The third-order valence-electron chi connectivity index (χ3n) is 2.99. The van der Waals surface area contributed by atoms with Crippen LogP contribution >= 0.6 is 0 Å². The predicted molar refractivity (Wildman–Crippen MR) is 60.1 cm³/mol. The number of ether oxygens (including phenoxy) is 1. The maximum Gasteiger partial charge on any atom is 0.326 e. The van der Waals surface area contributed by atoms with Crippen molar-refractivity contribution < 1.29 is 34.1 Å². The molecule has 1 aliphatic heterocycles. The Hall–Kier alpha value is -2.12. The van der Waals surface area contributed by atoms with Gasteiger partial charge in [-0.05, 0) is 6.42 Å². The molecule has 1 heterocycles. The van der Waals surface area contributed by atoms with Crippen LogP contribution in [0.5, 0.6) is 0 Å². The second-order valence-electron chi connectivity index (χ2n) is 4.26. The fraction of sp³-hybridized carbons (Fsp3) is 0.636. The molecule has 0 aromatic heterocycles. The summed E-state index contributed by atoms with van der Waals surface area (Å²) in [6, 6.07) is -1.22. The number of esters is 1. The van der Waals surface area contributed by atoms with Gasteiger partial charge in [0.25, 0.3) is 0 Å². The molecule has 1 rings (SSSR count). The lowest BCUT2D eigenvalue weighted by Crippen LogP contribution is -2.42. The van der Waals surface area contributed by atoms with E-state index in [4.69, 9.17) is 10.2 Å². The molecule has 0 aromatic rings. The number of nitrogens with zero attached hydrogens (tertiary/aromatic N) is 1. The molecule has 2 atom stereocenters. The predicted octanol–water partition coefficient (Wildman–Crippen LogP) is -0.674. The first-order chi connectivity index (χ1) is 8.86. The second-order valence-corrected chi connectivity index (χ2v) is 4.26. The monoisotopic (exact) mass is 273 g/mol. The van der Waals surface area contributed by atoms with Crippen molar-refractivity contribution in [2.45, 2.75) is 25.3 Å². The van der Waals surface area contributed by atoms with Gasteiger partial charge in [0.15, 0.2) is 0 Å². The zero-order valence-electron chi connectivity index (χ0n) is 10.4. The molecule has 2 N–H and O–H groups in total. The van der Waals surface area contributed by atoms with Gasteiger partial charge in [0.2, 0.25) is 5.91 Å². The minimum atomic E-state index is -1.28. The van der Waals surface area contributed by atoms with Gasteiger partial charge in [-0.3, -0.25) is 14.4 Å². The van der Waals surface area contributed by atoms with E-state index in [9.17, 15) is 19.2 Å². The molecule has 1 aliphatic rings. The van der Waals surface area contributed by atoms with Crippen molar-refractivity contribution in [3.63, 3.8) is 0 Å². The Labute approximate surface area is 108 Å². The highest BCUT2D eigenvalue weighted by Gasteiger charge is 2.40. The highest BCUT2D eigenvalue weighted by atomic mass is 16.5. The maximum absolute atomic E-state index is 11.7. The summed E-state index contributed by atoms with van der Waals surface area (Å²) in [5.74, 6) is -4.15. The lowest BCUT2D eigenvalue weighted by molar-refractivity contribution is -0.150. The van der Waals surface area contributed by atoms with E-state index in [1.807, 2.05) is 0 Å². The standard InChI is InChI=1S/C11H15NO7/c1-19-11(18)6-4-8(13)12(5-6)7(10(16)17)2-3-9(14)15/h6-7H,2-5H2,1H3,(H,14,15)(H,16,17). The normalized spacial score (nSPS) is 20.2. The van der Waals surface area contributed by atoms with Gasteiger partial charge in [-0.1, -0.05) is 0 Å². The molecule has 0 bridgehead atoms. The van der Waals surface area contributed by atoms with Crippen LogP contribution in [0.25, 0.3) is 0 Å². The van der Waals surface area contributed by atoms with Gasteiger partial charge in [-0.15, -0.1) is 0 Å². The lowest BCUT2D eigenvalue weighted by atomic mass is 10.1. The molecule has 1 amide bonds. The van der Waals surface area contributed by atoms with Crippen LogP contribution in [0.4, 0.5) is 0 Å². The summed E-state index contributed by atoms with van der Waals surface area (Å²) in [6.07, 6.45) is -0.655. The average Bonchev–Trinajstić information content (AvgIpc) is 2.70. The molecule has 0 aliphatic carbocycles. The highest BCUT2D eigenvalue weighted by Crippen LogP contribution is 2.23. The Morgan fingerprint density at radius 1 is 1.42 bits per heavy atom. The molecule has 0 aromatic carbocycles. The molecular weight excluding hydrogens is 258 g/mol.